The molecular formula is C20H25N5O3S. The van der Waals surface area contributed by atoms with Crippen LogP contribution in [0.4, 0.5) is 5.13 Å². The zero-order chi connectivity index (χ0) is 21.2. The van der Waals surface area contributed by atoms with Crippen LogP contribution in [0.1, 0.15) is 47.2 Å². The van der Waals surface area contributed by atoms with Crippen molar-refractivity contribution in [2.24, 2.45) is 0 Å². The third kappa shape index (κ3) is 4.63. The van der Waals surface area contributed by atoms with Gasteiger partial charge < -0.3 is 10.1 Å². The molecule has 2 N–H and O–H groups in total. The number of fused-ring (bicyclic) bond motifs is 1. The van der Waals surface area contributed by atoms with Crippen molar-refractivity contribution in [3.8, 4) is 0 Å². The lowest BCUT2D eigenvalue weighted by Gasteiger charge is -2.19. The van der Waals surface area contributed by atoms with Crippen molar-refractivity contribution in [3.63, 3.8) is 0 Å². The molecule has 8 nitrogen and oxygen atoms in total. The van der Waals surface area contributed by atoms with Crippen LogP contribution in [0.25, 0.3) is 10.3 Å². The monoisotopic (exact) mass is 415 g/mol. The topological polar surface area (TPSA) is 98.1 Å². The largest absolute Gasteiger partial charge is 0.383 e. The average molecular weight is 416 g/mol. The summed E-state index contributed by atoms with van der Waals surface area (Å²) in [6.07, 6.45) is 0. The van der Waals surface area contributed by atoms with E-state index in [-0.39, 0.29) is 17.4 Å². The van der Waals surface area contributed by atoms with E-state index in [0.717, 1.165) is 5.56 Å². The number of nitrogens with zero attached hydrogens (tertiary/aromatic N) is 3. The van der Waals surface area contributed by atoms with Crippen molar-refractivity contribution in [2.75, 3.05) is 25.6 Å². The Labute approximate surface area is 173 Å². The summed E-state index contributed by atoms with van der Waals surface area (Å²) in [5, 5.41) is 10.5. The minimum absolute atomic E-state index is 0.247. The Morgan fingerprint density at radius 2 is 1.86 bits per heavy atom. The van der Waals surface area contributed by atoms with Crippen molar-refractivity contribution in [1.29, 1.82) is 0 Å². The highest BCUT2D eigenvalue weighted by Gasteiger charge is 2.27. The van der Waals surface area contributed by atoms with Crippen LogP contribution in [0.3, 0.4) is 0 Å². The van der Waals surface area contributed by atoms with Gasteiger partial charge in [0.15, 0.2) is 16.5 Å². The molecule has 2 aromatic heterocycles. The second-order valence-electron chi connectivity index (χ2n) is 7.67. The zero-order valence-electron chi connectivity index (χ0n) is 17.2. The van der Waals surface area contributed by atoms with E-state index in [0.29, 0.717) is 39.9 Å². The number of aryl methyl sites for hydroxylation is 1. The van der Waals surface area contributed by atoms with Gasteiger partial charge in [0.05, 0.1) is 12.1 Å². The van der Waals surface area contributed by atoms with E-state index in [4.69, 9.17) is 4.74 Å². The Balaban J connectivity index is 1.93. The van der Waals surface area contributed by atoms with Gasteiger partial charge in [0.25, 0.3) is 11.8 Å². The molecule has 0 saturated heterocycles. The maximum atomic E-state index is 12.6. The van der Waals surface area contributed by atoms with Crippen molar-refractivity contribution in [3.05, 3.63) is 41.1 Å². The number of ether oxygens (including phenoxy) is 1. The van der Waals surface area contributed by atoms with E-state index < -0.39 is 0 Å². The van der Waals surface area contributed by atoms with Gasteiger partial charge in [-0.2, -0.15) is 10.1 Å². The fraction of sp³-hybridized carbons (Fsp3) is 0.400. The Bertz CT molecular complexity index is 1030. The van der Waals surface area contributed by atoms with Gasteiger partial charge in [0.2, 0.25) is 0 Å². The van der Waals surface area contributed by atoms with Gasteiger partial charge in [-0.05, 0) is 39.8 Å². The molecule has 2 amide bonds. The number of hydrogen-bond donors (Lipinski definition) is 2. The molecule has 0 saturated carbocycles. The molecule has 0 aliphatic heterocycles. The van der Waals surface area contributed by atoms with Gasteiger partial charge in [0, 0.05) is 19.2 Å². The van der Waals surface area contributed by atoms with Crippen LogP contribution < -0.4 is 10.6 Å². The highest BCUT2D eigenvalue weighted by atomic mass is 32.1. The van der Waals surface area contributed by atoms with E-state index in [1.165, 1.54) is 11.3 Å². The van der Waals surface area contributed by atoms with Crippen molar-refractivity contribution >= 4 is 38.6 Å². The van der Waals surface area contributed by atoms with E-state index in [1.807, 2.05) is 39.8 Å². The van der Waals surface area contributed by atoms with E-state index in [1.54, 1.807) is 23.9 Å². The highest BCUT2D eigenvalue weighted by Crippen LogP contribution is 2.32. The predicted molar refractivity (Wildman–Crippen MR) is 114 cm³/mol. The van der Waals surface area contributed by atoms with Crippen LogP contribution in [0.5, 0.6) is 0 Å². The molecule has 1 aromatic carbocycles. The number of hydrogen-bond acceptors (Lipinski definition) is 6. The molecule has 154 valence electrons. The molecule has 0 aliphatic carbocycles. The Morgan fingerprint density at radius 1 is 1.17 bits per heavy atom. The Morgan fingerprint density at radius 3 is 2.48 bits per heavy atom. The molecule has 0 unspecified atom stereocenters. The minimum Gasteiger partial charge on any atom is -0.383 e. The summed E-state index contributed by atoms with van der Waals surface area (Å²) in [4.78, 5) is 29.7. The number of methoxy groups -OCH3 is 1. The first kappa shape index (κ1) is 20.9. The van der Waals surface area contributed by atoms with Crippen LogP contribution >= 0.6 is 11.3 Å². The van der Waals surface area contributed by atoms with Gasteiger partial charge in [-0.1, -0.05) is 29.0 Å². The van der Waals surface area contributed by atoms with Crippen molar-refractivity contribution in [1.82, 2.24) is 20.1 Å². The van der Waals surface area contributed by atoms with Crippen molar-refractivity contribution in [2.45, 2.75) is 33.2 Å². The number of benzene rings is 1. The van der Waals surface area contributed by atoms with Gasteiger partial charge in [-0.15, -0.1) is 0 Å². The quantitative estimate of drug-likeness (QED) is 0.603. The summed E-state index contributed by atoms with van der Waals surface area (Å²) < 4.78 is 7.32. The highest BCUT2D eigenvalue weighted by molar-refractivity contribution is 7.22. The lowest BCUT2D eigenvalue weighted by molar-refractivity contribution is 0.0931. The van der Waals surface area contributed by atoms with E-state index >= 15 is 0 Å². The number of thiazole rings is 1. The van der Waals surface area contributed by atoms with Crippen LogP contribution in [-0.2, 0) is 10.3 Å². The summed E-state index contributed by atoms with van der Waals surface area (Å²) in [7, 11) is 1.57. The smallest absolute Gasteiger partial charge is 0.273 e. The first-order valence-corrected chi connectivity index (χ1v) is 10.1. The number of anilines is 1. The molecule has 29 heavy (non-hydrogen) atoms. The van der Waals surface area contributed by atoms with Gasteiger partial charge >= 0.3 is 0 Å². The summed E-state index contributed by atoms with van der Waals surface area (Å²) in [6, 6.07) is 7.30. The fourth-order valence-corrected chi connectivity index (χ4v) is 3.62. The number of rotatable bonds is 6. The first-order chi connectivity index (χ1) is 13.7. The fourth-order valence-electron chi connectivity index (χ4n) is 2.70. The standard InChI is InChI=1S/C20H25N5O3S/c1-12-6-8-13(9-7-12)17(26)23-19-22-16-15(29-19)14(18(27)21-10-11-28-5)24-25(16)20(2,3)4/h6-9H,10-11H2,1-5H3,(H,21,27)(H,22,23,26). The second kappa shape index (κ2) is 8.30. The SMILES string of the molecule is COCCNC(=O)c1nn(C(C)(C)C)c2nc(NC(=O)c3ccc(C)cc3)sc12. The molecule has 9 heteroatoms. The summed E-state index contributed by atoms with van der Waals surface area (Å²) in [5.41, 5.74) is 2.11. The molecule has 0 bridgehead atoms. The molecule has 0 spiro atoms. The van der Waals surface area contributed by atoms with Crippen molar-refractivity contribution < 1.29 is 14.3 Å². The number of aromatic nitrogens is 3. The van der Waals surface area contributed by atoms with E-state index in [2.05, 4.69) is 20.7 Å². The number of amides is 2. The van der Waals surface area contributed by atoms with E-state index in [9.17, 15) is 9.59 Å². The maximum absolute atomic E-state index is 12.6. The molecule has 0 radical (unpaired) electrons. The minimum atomic E-state index is -0.379. The summed E-state index contributed by atoms with van der Waals surface area (Å²) >= 11 is 1.24. The maximum Gasteiger partial charge on any atom is 0.273 e. The number of nitrogens with one attached hydrogen (secondary N) is 2. The molecule has 3 rings (SSSR count). The summed E-state index contributed by atoms with van der Waals surface area (Å²) in [6.45, 7) is 8.71. The molecule has 0 fully saturated rings. The number of carbonyl (C=O) groups is 2. The Hall–Kier alpha value is -2.78. The Kier molecular flexibility index (Phi) is 5.99. The van der Waals surface area contributed by atoms with Crippen LogP contribution in [0, 0.1) is 6.92 Å². The van der Waals surface area contributed by atoms with Crippen LogP contribution in [-0.4, -0.2) is 46.8 Å². The second-order valence-corrected chi connectivity index (χ2v) is 8.67. The lowest BCUT2D eigenvalue weighted by Crippen LogP contribution is -2.29. The third-order valence-corrected chi connectivity index (χ3v) is 5.17. The van der Waals surface area contributed by atoms with Crippen LogP contribution in [0.15, 0.2) is 24.3 Å². The molecule has 0 aliphatic rings. The van der Waals surface area contributed by atoms with Gasteiger partial charge in [-0.3, -0.25) is 14.9 Å². The summed E-state index contributed by atoms with van der Waals surface area (Å²) in [5.74, 6) is -0.544. The normalized spacial score (nSPS) is 11.6. The molecular weight excluding hydrogens is 390 g/mol. The first-order valence-electron chi connectivity index (χ1n) is 9.26. The molecule has 3 aromatic rings. The van der Waals surface area contributed by atoms with Gasteiger partial charge in [0.1, 0.15) is 4.70 Å². The molecule has 0 atom stereocenters. The van der Waals surface area contributed by atoms with Crippen LogP contribution in [0.2, 0.25) is 0 Å². The third-order valence-electron chi connectivity index (χ3n) is 4.20. The number of carbonyl (C=O) groups excluding carboxylic acids is 2. The molecule has 2 heterocycles. The average Bonchev–Trinajstić information content (AvgIpc) is 3.20. The lowest BCUT2D eigenvalue weighted by atomic mass is 10.1. The van der Waals surface area contributed by atoms with Gasteiger partial charge in [-0.25, -0.2) is 4.68 Å². The predicted octanol–water partition coefficient (Wildman–Crippen LogP) is 3.18. The zero-order valence-corrected chi connectivity index (χ0v) is 18.0.